The van der Waals surface area contributed by atoms with Crippen LogP contribution < -0.4 is 24.0 Å². The second-order valence-electron chi connectivity index (χ2n) is 6.67. The fraction of sp³-hybridized carbons (Fsp3) is 0.533. The van der Waals surface area contributed by atoms with Crippen molar-refractivity contribution in [2.45, 2.75) is 52.4 Å². The Labute approximate surface area is 127 Å². The van der Waals surface area contributed by atoms with E-state index in [2.05, 4.69) is 0 Å². The summed E-state index contributed by atoms with van der Waals surface area (Å²) in [4.78, 5) is 11.3. The smallest absolute Gasteiger partial charge is 0.545 e. The number of carbonyl (C=O) groups excluding carboxylic acids is 1. The van der Waals surface area contributed by atoms with Crippen LogP contribution in [0.4, 0.5) is 0 Å². The molecule has 0 bridgehead atoms. The van der Waals surface area contributed by atoms with Crippen LogP contribution >= 0.6 is 0 Å². The van der Waals surface area contributed by atoms with Gasteiger partial charge in [-0.25, -0.2) is 0 Å². The van der Waals surface area contributed by atoms with E-state index in [0.29, 0.717) is 11.1 Å². The van der Waals surface area contributed by atoms with Crippen LogP contribution in [0.5, 0.6) is 5.75 Å². The van der Waals surface area contributed by atoms with Crippen LogP contribution in [-0.4, -0.2) is 11.1 Å². The molecule has 0 radical (unpaired) electrons. The van der Waals surface area contributed by atoms with Crippen molar-refractivity contribution < 1.29 is 33.9 Å². The van der Waals surface area contributed by atoms with E-state index in [4.69, 9.17) is 0 Å². The third-order valence-electron chi connectivity index (χ3n) is 2.90. The number of rotatable bonds is 1. The molecule has 100 valence electrons. The first-order valence-electron chi connectivity index (χ1n) is 6.04. The molecule has 0 atom stereocenters. The van der Waals surface area contributed by atoms with Crippen molar-refractivity contribution in [1.82, 2.24) is 0 Å². The number of carbonyl (C=O) groups is 1. The minimum atomic E-state index is -1.20. The molecule has 0 heterocycles. The van der Waals surface area contributed by atoms with Crippen LogP contribution in [0.3, 0.4) is 0 Å². The van der Waals surface area contributed by atoms with Crippen LogP contribution in [0.1, 0.15) is 63.0 Å². The van der Waals surface area contributed by atoms with Gasteiger partial charge in [-0.2, -0.15) is 0 Å². The van der Waals surface area contributed by atoms with Gasteiger partial charge in [0.1, 0.15) is 5.75 Å². The van der Waals surface area contributed by atoms with Gasteiger partial charge >= 0.3 is 18.9 Å². The number of phenols is 1. The van der Waals surface area contributed by atoms with Gasteiger partial charge in [0, 0.05) is 11.1 Å². The Morgan fingerprint density at radius 2 is 1.42 bits per heavy atom. The molecule has 1 N–H and O–H groups in total. The van der Waals surface area contributed by atoms with Crippen molar-refractivity contribution in [3.63, 3.8) is 0 Å². The number of carboxylic acid groups (broad SMARTS) is 1. The monoisotopic (exact) mass is 256 g/mol. The maximum Gasteiger partial charge on any atom is 1.00 e. The van der Waals surface area contributed by atoms with E-state index in [-0.39, 0.29) is 41.0 Å². The minimum absolute atomic E-state index is 0. The van der Waals surface area contributed by atoms with E-state index in [9.17, 15) is 15.0 Å². The first-order valence-corrected chi connectivity index (χ1v) is 6.04. The molecule has 0 saturated carbocycles. The first kappa shape index (κ1) is 18.1. The number of carboxylic acids is 1. The van der Waals surface area contributed by atoms with E-state index in [1.54, 1.807) is 0 Å². The van der Waals surface area contributed by atoms with Gasteiger partial charge in [0.25, 0.3) is 0 Å². The van der Waals surface area contributed by atoms with Gasteiger partial charge in [0.2, 0.25) is 0 Å². The predicted octanol–water partition coefficient (Wildman–Crippen LogP) is -0.645. The topological polar surface area (TPSA) is 60.4 Å². The summed E-state index contributed by atoms with van der Waals surface area (Å²) in [5.41, 5.74) is 0.770. The Balaban J connectivity index is 0.00000324. The van der Waals surface area contributed by atoms with Crippen molar-refractivity contribution in [2.75, 3.05) is 0 Å². The van der Waals surface area contributed by atoms with Crippen molar-refractivity contribution in [2.24, 2.45) is 0 Å². The molecule has 1 rings (SSSR count). The van der Waals surface area contributed by atoms with Gasteiger partial charge in [-0.15, -0.1) is 0 Å². The molecule has 0 unspecified atom stereocenters. The number of aromatic carboxylic acids is 1. The third kappa shape index (κ3) is 3.78. The number of hydrogen-bond acceptors (Lipinski definition) is 3. The molecule has 0 aliphatic rings. The van der Waals surface area contributed by atoms with Gasteiger partial charge < -0.3 is 15.0 Å². The molecule has 0 aliphatic heterocycles. The van der Waals surface area contributed by atoms with Crippen LogP contribution in [0.2, 0.25) is 0 Å². The van der Waals surface area contributed by atoms with Crippen molar-refractivity contribution in [3.8, 4) is 5.75 Å². The average Bonchev–Trinajstić information content (AvgIpc) is 2.13. The average molecular weight is 256 g/mol. The largest absolute Gasteiger partial charge is 1.00 e. The van der Waals surface area contributed by atoms with E-state index in [0.717, 1.165) is 0 Å². The molecular weight excluding hydrogens is 235 g/mol. The molecule has 0 amide bonds. The summed E-state index contributed by atoms with van der Waals surface area (Å²) in [7, 11) is 0. The second-order valence-corrected chi connectivity index (χ2v) is 6.67. The summed E-state index contributed by atoms with van der Waals surface area (Å²) in [6.45, 7) is 11.7. The Morgan fingerprint density at radius 3 is 1.74 bits per heavy atom. The van der Waals surface area contributed by atoms with Gasteiger partial charge in [-0.3, -0.25) is 0 Å². The zero-order chi connectivity index (χ0) is 14.3. The molecule has 0 aliphatic carbocycles. The molecule has 0 fully saturated rings. The van der Waals surface area contributed by atoms with Crippen LogP contribution in [0.15, 0.2) is 12.1 Å². The van der Waals surface area contributed by atoms with Crippen LogP contribution in [0, 0.1) is 0 Å². The Hall–Kier alpha value is -0.913. The van der Waals surface area contributed by atoms with Gasteiger partial charge in [-0.1, -0.05) is 41.5 Å². The summed E-state index contributed by atoms with van der Waals surface area (Å²) in [5, 5.41) is 21.3. The Kier molecular flexibility index (Phi) is 5.34. The second kappa shape index (κ2) is 5.61. The maximum atomic E-state index is 11.3. The van der Waals surface area contributed by atoms with E-state index >= 15 is 0 Å². The van der Waals surface area contributed by atoms with E-state index < -0.39 is 5.97 Å². The normalized spacial score (nSPS) is 11.9. The van der Waals surface area contributed by atoms with Crippen LogP contribution in [-0.2, 0) is 10.8 Å². The number of benzene rings is 1. The summed E-state index contributed by atoms with van der Waals surface area (Å²) >= 11 is 0. The van der Waals surface area contributed by atoms with Gasteiger partial charge in [-0.05, 0) is 28.5 Å². The summed E-state index contributed by atoms with van der Waals surface area (Å²) < 4.78 is 0. The quantitative estimate of drug-likeness (QED) is 0.680. The molecule has 0 saturated heterocycles. The van der Waals surface area contributed by atoms with Crippen molar-refractivity contribution >= 4 is 5.97 Å². The van der Waals surface area contributed by atoms with Gasteiger partial charge in [0.05, 0.1) is 5.97 Å². The SMILES string of the molecule is CC(C)(C)c1c(O)ccc(C(=O)[O-])c1C(C)(C)C.[Li+]. The molecule has 1 aromatic carbocycles. The first-order chi connectivity index (χ1) is 7.96. The molecule has 1 aromatic rings. The number of hydrogen-bond donors (Lipinski definition) is 1. The van der Waals surface area contributed by atoms with Gasteiger partial charge in [0.15, 0.2) is 0 Å². The van der Waals surface area contributed by atoms with E-state index in [1.807, 2.05) is 41.5 Å². The van der Waals surface area contributed by atoms with Crippen molar-refractivity contribution in [3.05, 3.63) is 28.8 Å². The molecule has 4 heteroatoms. The number of aromatic hydroxyl groups is 1. The predicted molar refractivity (Wildman–Crippen MR) is 69.8 cm³/mol. The molecule has 3 nitrogen and oxygen atoms in total. The fourth-order valence-corrected chi connectivity index (χ4v) is 2.30. The van der Waals surface area contributed by atoms with E-state index in [1.165, 1.54) is 12.1 Å². The molecule has 0 aromatic heterocycles. The van der Waals surface area contributed by atoms with Crippen molar-refractivity contribution in [1.29, 1.82) is 0 Å². The fourth-order valence-electron chi connectivity index (χ4n) is 2.30. The molecule has 0 spiro atoms. The summed E-state index contributed by atoms with van der Waals surface area (Å²) in [6, 6.07) is 2.85. The Bertz CT molecular complexity index is 479. The number of phenolic OH excluding ortho intramolecular Hbond substituents is 1. The standard InChI is InChI=1S/C15H22O3.Li/c1-14(2,3)11-9(13(17)18)7-8-10(16)12(11)15(4,5)6;/h7-8,16H,1-6H3,(H,17,18);/q;+1/p-1. The zero-order valence-corrected chi connectivity index (χ0v) is 12.9. The third-order valence-corrected chi connectivity index (χ3v) is 2.90. The van der Waals surface area contributed by atoms with Crippen LogP contribution in [0.25, 0.3) is 0 Å². The Morgan fingerprint density at radius 1 is 1.00 bits per heavy atom. The minimum Gasteiger partial charge on any atom is -0.545 e. The maximum absolute atomic E-state index is 11.3. The zero-order valence-electron chi connectivity index (χ0n) is 12.9. The summed E-state index contributed by atoms with van der Waals surface area (Å²) in [5.74, 6) is -1.07. The molecule has 19 heavy (non-hydrogen) atoms. The summed E-state index contributed by atoms with van der Waals surface area (Å²) in [6.07, 6.45) is 0. The molecular formula is C15H21LiO3.